The van der Waals surface area contributed by atoms with Gasteiger partial charge in [0.25, 0.3) is 0 Å². The Labute approximate surface area is 198 Å². The fraction of sp³-hybridized carbons (Fsp3) is 1.00. The quantitative estimate of drug-likeness (QED) is 0.165. The lowest BCUT2D eigenvalue weighted by atomic mass is 9.84. The number of hydrogen-bond acceptors (Lipinski definition) is 14. The number of aliphatic hydroxyl groups excluding tert-OH is 4. The highest BCUT2D eigenvalue weighted by Crippen LogP contribution is 2.32. The van der Waals surface area contributed by atoms with Crippen LogP contribution in [0.2, 0.25) is 0 Å². The van der Waals surface area contributed by atoms with Crippen molar-refractivity contribution < 1.29 is 44.5 Å². The van der Waals surface area contributed by atoms with Gasteiger partial charge in [-0.3, -0.25) is 0 Å². The van der Waals surface area contributed by atoms with Crippen molar-refractivity contribution in [1.82, 2.24) is 5.32 Å². The van der Waals surface area contributed by atoms with Gasteiger partial charge in [0.2, 0.25) is 0 Å². The second-order valence-corrected chi connectivity index (χ2v) is 9.94. The molecular formula is C20H41N5O9. The van der Waals surface area contributed by atoms with E-state index in [0.29, 0.717) is 0 Å². The summed E-state index contributed by atoms with van der Waals surface area (Å²) >= 11 is 0. The lowest BCUT2D eigenvalue weighted by Gasteiger charge is -2.49. The van der Waals surface area contributed by atoms with E-state index in [1.165, 1.54) is 6.92 Å². The van der Waals surface area contributed by atoms with Crippen LogP contribution in [-0.2, 0) is 18.9 Å². The molecule has 2 saturated heterocycles. The minimum Gasteiger partial charge on any atom is -0.388 e. The molecule has 2 heterocycles. The maximum absolute atomic E-state index is 11.1. The molecule has 15 unspecified atom stereocenters. The molecule has 0 aromatic rings. The van der Waals surface area contributed by atoms with Crippen molar-refractivity contribution in [2.24, 2.45) is 22.9 Å². The van der Waals surface area contributed by atoms with Crippen LogP contribution in [0.15, 0.2) is 0 Å². The summed E-state index contributed by atoms with van der Waals surface area (Å²) in [6, 6.07) is -3.99. The Morgan fingerprint density at radius 3 is 2.03 bits per heavy atom. The Balaban J connectivity index is 1.73. The summed E-state index contributed by atoms with van der Waals surface area (Å²) in [4.78, 5) is 0. The van der Waals surface area contributed by atoms with Gasteiger partial charge in [-0.1, -0.05) is 0 Å². The zero-order valence-electron chi connectivity index (χ0n) is 19.7. The summed E-state index contributed by atoms with van der Waals surface area (Å²) in [6.45, 7) is 3.00. The van der Waals surface area contributed by atoms with Gasteiger partial charge in [-0.05, 0) is 27.3 Å². The minimum atomic E-state index is -1.38. The van der Waals surface area contributed by atoms with Crippen molar-refractivity contribution in [1.29, 1.82) is 0 Å². The van der Waals surface area contributed by atoms with Gasteiger partial charge in [0.1, 0.15) is 48.3 Å². The minimum absolute atomic E-state index is 0.124. The predicted molar refractivity (Wildman–Crippen MR) is 118 cm³/mol. The SMILES string of the molecule is CNC1C(O)C(OC2C(N)CC(N)C(OC3OC(C(C)N)C(O)C(O)C3N)C2O)OCC1(C)O. The summed E-state index contributed by atoms with van der Waals surface area (Å²) in [5, 5.41) is 55.6. The number of likely N-dealkylation sites (N-methyl/N-ethyl adjacent to an activating group) is 1. The molecule has 34 heavy (non-hydrogen) atoms. The van der Waals surface area contributed by atoms with E-state index in [1.54, 1.807) is 14.0 Å². The molecule has 0 aromatic carbocycles. The van der Waals surface area contributed by atoms with E-state index in [-0.39, 0.29) is 13.0 Å². The van der Waals surface area contributed by atoms with E-state index in [2.05, 4.69) is 5.32 Å². The molecule has 200 valence electrons. The van der Waals surface area contributed by atoms with Crippen molar-refractivity contribution in [2.45, 2.75) is 111 Å². The molecule has 0 bridgehead atoms. The monoisotopic (exact) mass is 495 g/mol. The molecule has 0 radical (unpaired) electrons. The third-order valence-corrected chi connectivity index (χ3v) is 6.99. The molecule has 0 amide bonds. The smallest absolute Gasteiger partial charge is 0.185 e. The molecule has 2 aliphatic heterocycles. The summed E-state index contributed by atoms with van der Waals surface area (Å²) in [6.07, 6.45) is -10.6. The van der Waals surface area contributed by atoms with Gasteiger partial charge >= 0.3 is 0 Å². The first-order valence-corrected chi connectivity index (χ1v) is 11.5. The van der Waals surface area contributed by atoms with Crippen molar-refractivity contribution in [3.8, 4) is 0 Å². The van der Waals surface area contributed by atoms with Crippen molar-refractivity contribution >= 4 is 0 Å². The maximum Gasteiger partial charge on any atom is 0.185 e. The van der Waals surface area contributed by atoms with Crippen molar-refractivity contribution in [3.05, 3.63) is 0 Å². The van der Waals surface area contributed by atoms with Gasteiger partial charge in [0.15, 0.2) is 12.6 Å². The van der Waals surface area contributed by atoms with Gasteiger partial charge in [-0.15, -0.1) is 0 Å². The van der Waals surface area contributed by atoms with Crippen molar-refractivity contribution in [3.63, 3.8) is 0 Å². The van der Waals surface area contributed by atoms with Crippen LogP contribution in [-0.4, -0.2) is 130 Å². The van der Waals surface area contributed by atoms with Gasteiger partial charge < -0.3 is 72.7 Å². The number of rotatable bonds is 6. The molecule has 3 fully saturated rings. The van der Waals surface area contributed by atoms with Gasteiger partial charge in [0.05, 0.1) is 18.7 Å². The first-order valence-electron chi connectivity index (χ1n) is 11.5. The van der Waals surface area contributed by atoms with E-state index in [9.17, 15) is 25.5 Å². The number of nitrogens with one attached hydrogen (secondary N) is 1. The third-order valence-electron chi connectivity index (χ3n) is 6.99. The van der Waals surface area contributed by atoms with Crippen LogP contribution in [0.25, 0.3) is 0 Å². The van der Waals surface area contributed by atoms with Crippen LogP contribution in [0.4, 0.5) is 0 Å². The summed E-state index contributed by atoms with van der Waals surface area (Å²) in [5.41, 5.74) is 22.9. The van der Waals surface area contributed by atoms with E-state index in [4.69, 9.17) is 41.9 Å². The largest absolute Gasteiger partial charge is 0.388 e. The average Bonchev–Trinajstić information content (AvgIpc) is 2.75. The van der Waals surface area contributed by atoms with E-state index < -0.39 is 91.1 Å². The van der Waals surface area contributed by atoms with Crippen LogP contribution >= 0.6 is 0 Å². The predicted octanol–water partition coefficient (Wildman–Crippen LogP) is -5.65. The molecule has 3 rings (SSSR count). The molecule has 1 saturated carbocycles. The standard InChI is InChI=1S/C20H41N5O9/c1-6(21)14-11(27)10(26)9(24)18(32-14)33-15-7(22)4-8(23)16(12(15)28)34-19-13(29)17(25-3)20(2,30)5-31-19/h6-19,25-30H,4-5,21-24H2,1-3H3. The summed E-state index contributed by atoms with van der Waals surface area (Å²) in [5.74, 6) is 0. The molecule has 3 aliphatic rings. The van der Waals surface area contributed by atoms with Crippen LogP contribution in [0.5, 0.6) is 0 Å². The highest BCUT2D eigenvalue weighted by molar-refractivity contribution is 5.02. The van der Waals surface area contributed by atoms with E-state index in [1.807, 2.05) is 0 Å². The zero-order valence-corrected chi connectivity index (χ0v) is 19.7. The van der Waals surface area contributed by atoms with Gasteiger partial charge in [-0.25, -0.2) is 0 Å². The number of hydrogen-bond donors (Lipinski definition) is 10. The Morgan fingerprint density at radius 2 is 1.50 bits per heavy atom. The lowest BCUT2D eigenvalue weighted by molar-refractivity contribution is -0.315. The highest BCUT2D eigenvalue weighted by atomic mass is 16.7. The van der Waals surface area contributed by atoms with Crippen LogP contribution < -0.4 is 28.3 Å². The summed E-state index contributed by atoms with van der Waals surface area (Å²) < 4.78 is 23.0. The van der Waals surface area contributed by atoms with Gasteiger partial charge in [0, 0.05) is 18.1 Å². The summed E-state index contributed by atoms with van der Waals surface area (Å²) in [7, 11) is 1.59. The average molecular weight is 496 g/mol. The maximum atomic E-state index is 11.1. The molecule has 15 atom stereocenters. The molecule has 14 heteroatoms. The Bertz CT molecular complexity index is 676. The van der Waals surface area contributed by atoms with Gasteiger partial charge in [-0.2, -0.15) is 0 Å². The van der Waals surface area contributed by atoms with Crippen LogP contribution in [0, 0.1) is 0 Å². The first-order chi connectivity index (χ1) is 15.8. The second-order valence-electron chi connectivity index (χ2n) is 9.94. The van der Waals surface area contributed by atoms with E-state index in [0.717, 1.165) is 0 Å². The Hall–Kier alpha value is -0.560. The van der Waals surface area contributed by atoms with Crippen LogP contribution in [0.3, 0.4) is 0 Å². The third kappa shape index (κ3) is 5.40. The number of aliphatic hydroxyl groups is 5. The fourth-order valence-electron chi connectivity index (χ4n) is 4.98. The molecule has 14 N–H and O–H groups in total. The Morgan fingerprint density at radius 1 is 0.941 bits per heavy atom. The van der Waals surface area contributed by atoms with Crippen LogP contribution in [0.1, 0.15) is 20.3 Å². The van der Waals surface area contributed by atoms with E-state index >= 15 is 0 Å². The zero-order chi connectivity index (χ0) is 25.5. The number of ether oxygens (including phenoxy) is 4. The Kier molecular flexibility index (Phi) is 8.92. The molecule has 14 nitrogen and oxygen atoms in total. The molecule has 0 aromatic heterocycles. The topological polar surface area (TPSA) is 254 Å². The number of nitrogens with two attached hydrogens (primary N) is 4. The second kappa shape index (κ2) is 10.8. The normalized spacial score (nSPS) is 53.5. The fourth-order valence-corrected chi connectivity index (χ4v) is 4.98. The molecule has 0 spiro atoms. The molecule has 1 aliphatic carbocycles. The van der Waals surface area contributed by atoms with Crippen molar-refractivity contribution in [2.75, 3.05) is 13.7 Å². The highest BCUT2D eigenvalue weighted by Gasteiger charge is 2.52. The molecular weight excluding hydrogens is 454 g/mol. The first kappa shape index (κ1) is 28.0. The lowest BCUT2D eigenvalue weighted by Crippen LogP contribution is -2.70.